The van der Waals surface area contributed by atoms with Gasteiger partial charge in [0.1, 0.15) is 11.5 Å². The fourth-order valence-electron chi connectivity index (χ4n) is 2.48. The molecule has 1 amide bonds. The zero-order valence-electron chi connectivity index (χ0n) is 14.0. The summed E-state index contributed by atoms with van der Waals surface area (Å²) in [6.45, 7) is 4.14. The van der Waals surface area contributed by atoms with Gasteiger partial charge in [0.25, 0.3) is 5.91 Å². The second-order valence-electron chi connectivity index (χ2n) is 5.71. The Hall–Kier alpha value is -2.12. The molecule has 0 aliphatic rings. The Kier molecular flexibility index (Phi) is 4.96. The topological polar surface area (TPSA) is 64.2 Å². The van der Waals surface area contributed by atoms with Crippen LogP contribution in [0.4, 0.5) is 0 Å². The van der Waals surface area contributed by atoms with Crippen molar-refractivity contribution in [3.05, 3.63) is 62.9 Å². The molecule has 0 N–H and O–H groups in total. The number of aromatic nitrogens is 3. The van der Waals surface area contributed by atoms with E-state index in [1.807, 2.05) is 19.9 Å². The van der Waals surface area contributed by atoms with Crippen molar-refractivity contribution in [3.8, 4) is 5.82 Å². The summed E-state index contributed by atoms with van der Waals surface area (Å²) in [4.78, 5) is 18.7. The maximum atomic E-state index is 12.7. The molecular weight excluding hydrogens is 408 g/mol. The number of rotatable bonds is 4. The number of amides is 1. The smallest absolute Gasteiger partial charge is 0.274 e. The van der Waals surface area contributed by atoms with Crippen molar-refractivity contribution in [1.82, 2.24) is 19.7 Å². The number of furan rings is 1. The van der Waals surface area contributed by atoms with E-state index in [0.717, 1.165) is 11.4 Å². The lowest BCUT2D eigenvalue weighted by Gasteiger charge is -2.16. The second-order valence-corrected chi connectivity index (χ2v) is 6.89. The molecule has 3 rings (SSSR count). The lowest BCUT2D eigenvalue weighted by molar-refractivity contribution is 0.0769. The van der Waals surface area contributed by atoms with Crippen LogP contribution in [0.3, 0.4) is 0 Å². The highest BCUT2D eigenvalue weighted by molar-refractivity contribution is 9.10. The minimum absolute atomic E-state index is 0.180. The van der Waals surface area contributed by atoms with E-state index in [1.165, 1.54) is 4.90 Å². The molecule has 3 aromatic heterocycles. The van der Waals surface area contributed by atoms with E-state index in [0.29, 0.717) is 27.8 Å². The third kappa shape index (κ3) is 3.77. The monoisotopic (exact) mass is 422 g/mol. The predicted octanol–water partition coefficient (Wildman–Crippen LogP) is 4.17. The van der Waals surface area contributed by atoms with Crippen LogP contribution in [0.1, 0.15) is 27.6 Å². The van der Waals surface area contributed by atoms with Gasteiger partial charge in [-0.2, -0.15) is 5.10 Å². The number of nitrogens with zero attached hydrogens (tertiary/aromatic N) is 4. The number of hydrogen-bond acceptors (Lipinski definition) is 4. The molecule has 0 unspecified atom stereocenters. The molecule has 0 atom stereocenters. The Morgan fingerprint density at radius 3 is 2.68 bits per heavy atom. The summed E-state index contributed by atoms with van der Waals surface area (Å²) in [6, 6.07) is 8.92. The van der Waals surface area contributed by atoms with Crippen LogP contribution in [0.5, 0.6) is 0 Å². The lowest BCUT2D eigenvalue weighted by atomic mass is 10.3. The molecule has 3 heterocycles. The fraction of sp³-hybridized carbons (Fsp3) is 0.235. The van der Waals surface area contributed by atoms with Crippen LogP contribution in [0.25, 0.3) is 5.82 Å². The summed E-state index contributed by atoms with van der Waals surface area (Å²) >= 11 is 9.45. The minimum Gasteiger partial charge on any atom is -0.452 e. The Labute approximate surface area is 158 Å². The predicted molar refractivity (Wildman–Crippen MR) is 98.0 cm³/mol. The molecule has 25 heavy (non-hydrogen) atoms. The Balaban J connectivity index is 1.89. The van der Waals surface area contributed by atoms with Gasteiger partial charge in [-0.05, 0) is 60.1 Å². The normalized spacial score (nSPS) is 10.9. The van der Waals surface area contributed by atoms with Gasteiger partial charge in [-0.3, -0.25) is 4.79 Å². The van der Waals surface area contributed by atoms with Crippen molar-refractivity contribution >= 4 is 33.4 Å². The summed E-state index contributed by atoms with van der Waals surface area (Å²) in [7, 11) is 1.67. The highest BCUT2D eigenvalue weighted by atomic mass is 79.9. The van der Waals surface area contributed by atoms with Crippen molar-refractivity contribution in [1.29, 1.82) is 0 Å². The average molecular weight is 424 g/mol. The molecule has 0 bridgehead atoms. The van der Waals surface area contributed by atoms with Gasteiger partial charge in [-0.1, -0.05) is 11.6 Å². The van der Waals surface area contributed by atoms with E-state index < -0.39 is 0 Å². The first-order valence-corrected chi connectivity index (χ1v) is 8.72. The molecule has 0 aromatic carbocycles. The van der Waals surface area contributed by atoms with E-state index in [4.69, 9.17) is 16.0 Å². The zero-order chi connectivity index (χ0) is 18.1. The van der Waals surface area contributed by atoms with Crippen LogP contribution in [0.15, 0.2) is 39.4 Å². The van der Waals surface area contributed by atoms with E-state index in [-0.39, 0.29) is 11.6 Å². The lowest BCUT2D eigenvalue weighted by Crippen LogP contribution is -2.27. The summed E-state index contributed by atoms with van der Waals surface area (Å²) in [6.07, 6.45) is 0. The quantitative estimate of drug-likeness (QED) is 0.632. The number of pyridine rings is 1. The maximum Gasteiger partial charge on any atom is 0.274 e. The number of hydrogen-bond donors (Lipinski definition) is 0. The molecule has 130 valence electrons. The van der Waals surface area contributed by atoms with Crippen molar-refractivity contribution in [2.75, 3.05) is 7.05 Å². The molecular formula is C17H16BrClN4O2. The van der Waals surface area contributed by atoms with Crippen LogP contribution in [0, 0.1) is 13.8 Å². The molecule has 0 aliphatic carbocycles. The first kappa shape index (κ1) is 17.7. The molecule has 0 aliphatic heterocycles. The molecule has 8 heteroatoms. The van der Waals surface area contributed by atoms with E-state index in [9.17, 15) is 4.79 Å². The molecule has 3 aromatic rings. The summed E-state index contributed by atoms with van der Waals surface area (Å²) < 4.78 is 7.74. The van der Waals surface area contributed by atoms with Crippen molar-refractivity contribution in [2.45, 2.75) is 20.4 Å². The molecule has 0 fully saturated rings. The SMILES string of the molecule is Cc1cc(C)n(-c2ccc(Cl)c(C(=O)N(C)Cc3ccc(Br)o3)n2)n1. The molecule has 6 nitrogen and oxygen atoms in total. The van der Waals surface area contributed by atoms with Gasteiger partial charge >= 0.3 is 0 Å². The Morgan fingerprint density at radius 2 is 2.08 bits per heavy atom. The van der Waals surface area contributed by atoms with Crippen LogP contribution in [0.2, 0.25) is 5.02 Å². The first-order valence-electron chi connectivity index (χ1n) is 7.55. The summed E-state index contributed by atoms with van der Waals surface area (Å²) in [5.41, 5.74) is 1.99. The zero-order valence-corrected chi connectivity index (χ0v) is 16.3. The molecule has 0 radical (unpaired) electrons. The molecule has 0 spiro atoms. The van der Waals surface area contributed by atoms with Gasteiger partial charge in [-0.15, -0.1) is 0 Å². The van der Waals surface area contributed by atoms with Crippen LogP contribution in [-0.2, 0) is 6.54 Å². The van der Waals surface area contributed by atoms with E-state index in [2.05, 4.69) is 26.0 Å². The van der Waals surface area contributed by atoms with Gasteiger partial charge in [0.05, 0.1) is 17.3 Å². The minimum atomic E-state index is -0.291. The second kappa shape index (κ2) is 7.01. The summed E-state index contributed by atoms with van der Waals surface area (Å²) in [5, 5.41) is 4.69. The van der Waals surface area contributed by atoms with Gasteiger partial charge in [0, 0.05) is 12.7 Å². The Morgan fingerprint density at radius 1 is 1.32 bits per heavy atom. The van der Waals surface area contributed by atoms with Gasteiger partial charge in [0.15, 0.2) is 10.5 Å². The van der Waals surface area contributed by atoms with Crippen LogP contribution in [-0.4, -0.2) is 32.6 Å². The first-order chi connectivity index (χ1) is 11.8. The fourth-order valence-corrected chi connectivity index (χ4v) is 3.01. The van der Waals surface area contributed by atoms with Gasteiger partial charge in [0.2, 0.25) is 0 Å². The van der Waals surface area contributed by atoms with Gasteiger partial charge in [-0.25, -0.2) is 9.67 Å². The van der Waals surface area contributed by atoms with Crippen LogP contribution >= 0.6 is 27.5 Å². The molecule has 0 saturated heterocycles. The number of carbonyl (C=O) groups excluding carboxylic acids is 1. The Bertz CT molecular complexity index is 935. The third-order valence-corrected chi connectivity index (χ3v) is 4.36. The van der Waals surface area contributed by atoms with E-state index in [1.54, 1.807) is 36.0 Å². The highest BCUT2D eigenvalue weighted by Gasteiger charge is 2.20. The standard InChI is InChI=1S/C17H16BrClN4O2/c1-10-8-11(2)23(21-10)15-7-5-13(19)16(20-15)17(24)22(3)9-12-4-6-14(18)25-12/h4-8H,9H2,1-3H3. The average Bonchev–Trinajstić information content (AvgIpc) is 3.12. The summed E-state index contributed by atoms with van der Waals surface area (Å²) in [5.74, 6) is 0.918. The van der Waals surface area contributed by atoms with Crippen molar-refractivity contribution < 1.29 is 9.21 Å². The number of halogens is 2. The maximum absolute atomic E-state index is 12.7. The number of carbonyl (C=O) groups is 1. The van der Waals surface area contributed by atoms with Crippen LogP contribution < -0.4 is 0 Å². The number of aryl methyl sites for hydroxylation is 2. The van der Waals surface area contributed by atoms with E-state index >= 15 is 0 Å². The molecule has 0 saturated carbocycles. The third-order valence-electron chi connectivity index (χ3n) is 3.63. The van der Waals surface area contributed by atoms with Crippen molar-refractivity contribution in [3.63, 3.8) is 0 Å². The van der Waals surface area contributed by atoms with Crippen molar-refractivity contribution in [2.24, 2.45) is 0 Å². The largest absolute Gasteiger partial charge is 0.452 e. The highest BCUT2D eigenvalue weighted by Crippen LogP contribution is 2.21. The van der Waals surface area contributed by atoms with Gasteiger partial charge < -0.3 is 9.32 Å².